The average Bonchev–Trinajstić information content (AvgIpc) is 2.43. The molecule has 25 heavy (non-hydrogen) atoms. The topological polar surface area (TPSA) is 63.6 Å². The number of alkyl halides is 3. The standard InChI is InChI=1S/C18H23F3O4/c1-10(18(19,20)21)13(22)25-15(2,3)17-7-11-4-12(8-17)6-16(5-11,9-17)14(23)24/h11-12H,1,4-9H2,2-3H3,(H,23,24). The van der Waals surface area contributed by atoms with Crippen molar-refractivity contribution < 1.29 is 32.6 Å². The highest BCUT2D eigenvalue weighted by Gasteiger charge is 2.66. The Balaban J connectivity index is 1.88. The van der Waals surface area contributed by atoms with E-state index in [2.05, 4.69) is 6.58 Å². The van der Waals surface area contributed by atoms with Gasteiger partial charge in [-0.25, -0.2) is 4.79 Å². The maximum Gasteiger partial charge on any atom is 0.422 e. The monoisotopic (exact) mass is 360 g/mol. The van der Waals surface area contributed by atoms with Crippen LogP contribution in [-0.2, 0) is 14.3 Å². The zero-order chi connectivity index (χ0) is 18.8. The van der Waals surface area contributed by atoms with Gasteiger partial charge in [0.05, 0.1) is 5.41 Å². The summed E-state index contributed by atoms with van der Waals surface area (Å²) in [4.78, 5) is 23.9. The molecule has 4 fully saturated rings. The van der Waals surface area contributed by atoms with E-state index in [-0.39, 0.29) is 11.8 Å². The number of carboxylic acids is 1. The van der Waals surface area contributed by atoms with Gasteiger partial charge in [-0.05, 0) is 64.2 Å². The van der Waals surface area contributed by atoms with Crippen LogP contribution in [0.15, 0.2) is 12.2 Å². The molecule has 4 saturated carbocycles. The van der Waals surface area contributed by atoms with Crippen molar-refractivity contribution in [2.24, 2.45) is 22.7 Å². The quantitative estimate of drug-likeness (QED) is 0.606. The second-order valence-corrected chi connectivity index (χ2v) is 8.70. The molecular formula is C18H23F3O4. The van der Waals surface area contributed by atoms with Crippen LogP contribution in [0.1, 0.15) is 52.4 Å². The molecule has 0 aromatic carbocycles. The molecule has 4 aliphatic rings. The average molecular weight is 360 g/mol. The van der Waals surface area contributed by atoms with Gasteiger partial charge < -0.3 is 9.84 Å². The van der Waals surface area contributed by atoms with Gasteiger partial charge in [-0.3, -0.25) is 4.79 Å². The summed E-state index contributed by atoms with van der Waals surface area (Å²) in [5.74, 6) is -1.87. The Morgan fingerprint density at radius 1 is 1.12 bits per heavy atom. The third-order valence-electron chi connectivity index (χ3n) is 6.73. The summed E-state index contributed by atoms with van der Waals surface area (Å²) in [6.07, 6.45) is -0.928. The van der Waals surface area contributed by atoms with Crippen molar-refractivity contribution in [2.45, 2.75) is 64.1 Å². The second kappa shape index (κ2) is 5.24. The number of carbonyl (C=O) groups is 2. The number of ether oxygens (including phenoxy) is 1. The lowest BCUT2D eigenvalue weighted by atomic mass is 9.41. The van der Waals surface area contributed by atoms with Crippen molar-refractivity contribution in [2.75, 3.05) is 0 Å². The molecule has 4 nitrogen and oxygen atoms in total. The highest BCUT2D eigenvalue weighted by Crippen LogP contribution is 2.68. The van der Waals surface area contributed by atoms with E-state index >= 15 is 0 Å². The minimum Gasteiger partial charge on any atom is -0.481 e. The van der Waals surface area contributed by atoms with Gasteiger partial charge >= 0.3 is 18.1 Å². The Labute approximate surface area is 144 Å². The third-order valence-corrected chi connectivity index (χ3v) is 6.73. The van der Waals surface area contributed by atoms with Gasteiger partial charge in [-0.15, -0.1) is 0 Å². The summed E-state index contributed by atoms with van der Waals surface area (Å²) in [6.45, 7) is 6.02. The van der Waals surface area contributed by atoms with Gasteiger partial charge in [-0.2, -0.15) is 13.2 Å². The van der Waals surface area contributed by atoms with Crippen LogP contribution in [0.3, 0.4) is 0 Å². The molecule has 0 spiro atoms. The van der Waals surface area contributed by atoms with Gasteiger partial charge in [0.25, 0.3) is 0 Å². The number of rotatable bonds is 4. The van der Waals surface area contributed by atoms with Gasteiger partial charge in [0, 0.05) is 5.41 Å². The van der Waals surface area contributed by atoms with E-state index in [1.54, 1.807) is 13.8 Å². The fraction of sp³-hybridized carbons (Fsp3) is 0.778. The van der Waals surface area contributed by atoms with E-state index < -0.39 is 40.1 Å². The molecule has 0 amide bonds. The molecular weight excluding hydrogens is 337 g/mol. The van der Waals surface area contributed by atoms with Gasteiger partial charge in [-0.1, -0.05) is 6.58 Å². The van der Waals surface area contributed by atoms with Crippen molar-refractivity contribution in [1.29, 1.82) is 0 Å². The first-order valence-corrected chi connectivity index (χ1v) is 8.53. The Hall–Kier alpha value is -1.53. The molecule has 4 aliphatic carbocycles. The Kier molecular flexibility index (Phi) is 3.83. The first kappa shape index (κ1) is 18.3. The summed E-state index contributed by atoms with van der Waals surface area (Å²) in [5, 5.41) is 9.77. The van der Waals surface area contributed by atoms with Crippen molar-refractivity contribution in [3.8, 4) is 0 Å². The van der Waals surface area contributed by atoms with Crippen molar-refractivity contribution in [1.82, 2.24) is 0 Å². The van der Waals surface area contributed by atoms with Crippen LogP contribution in [0.2, 0.25) is 0 Å². The summed E-state index contributed by atoms with van der Waals surface area (Å²) in [5.41, 5.74) is -4.15. The minimum absolute atomic E-state index is 0.223. The van der Waals surface area contributed by atoms with E-state index in [9.17, 15) is 27.9 Å². The summed E-state index contributed by atoms with van der Waals surface area (Å²) in [6, 6.07) is 0. The van der Waals surface area contributed by atoms with Gasteiger partial charge in [0.1, 0.15) is 11.2 Å². The molecule has 1 N–H and O–H groups in total. The summed E-state index contributed by atoms with van der Waals surface area (Å²) >= 11 is 0. The van der Waals surface area contributed by atoms with Crippen LogP contribution in [-0.4, -0.2) is 28.8 Å². The molecule has 4 bridgehead atoms. The SMILES string of the molecule is C=C(C(=O)OC(C)(C)C12CC3CC(CC(C(=O)O)(C3)C1)C2)C(F)(F)F. The number of carbonyl (C=O) groups excluding carboxylic acids is 1. The number of hydrogen-bond acceptors (Lipinski definition) is 3. The Morgan fingerprint density at radius 3 is 2.08 bits per heavy atom. The first-order valence-electron chi connectivity index (χ1n) is 8.53. The lowest BCUT2D eigenvalue weighted by Gasteiger charge is -2.64. The summed E-state index contributed by atoms with van der Waals surface area (Å²) < 4.78 is 43.5. The fourth-order valence-corrected chi connectivity index (χ4v) is 5.73. The third kappa shape index (κ3) is 2.75. The van der Waals surface area contributed by atoms with Crippen LogP contribution in [0, 0.1) is 22.7 Å². The molecule has 7 heteroatoms. The van der Waals surface area contributed by atoms with Crippen LogP contribution in [0.5, 0.6) is 0 Å². The van der Waals surface area contributed by atoms with Crippen molar-refractivity contribution in [3.63, 3.8) is 0 Å². The smallest absolute Gasteiger partial charge is 0.422 e. The van der Waals surface area contributed by atoms with Crippen LogP contribution < -0.4 is 0 Å². The minimum atomic E-state index is -4.84. The van der Waals surface area contributed by atoms with Gasteiger partial charge in [0.2, 0.25) is 0 Å². The van der Waals surface area contributed by atoms with Crippen molar-refractivity contribution >= 4 is 11.9 Å². The van der Waals surface area contributed by atoms with Crippen LogP contribution in [0.4, 0.5) is 13.2 Å². The van der Waals surface area contributed by atoms with E-state index in [4.69, 9.17) is 4.74 Å². The zero-order valence-electron chi connectivity index (χ0n) is 14.4. The molecule has 0 heterocycles. The van der Waals surface area contributed by atoms with E-state index in [0.29, 0.717) is 32.1 Å². The molecule has 4 rings (SSSR count). The lowest BCUT2D eigenvalue weighted by molar-refractivity contribution is -0.219. The van der Waals surface area contributed by atoms with E-state index in [0.717, 1.165) is 6.42 Å². The first-order chi connectivity index (χ1) is 11.3. The number of carboxylic acid groups (broad SMARTS) is 1. The highest BCUT2D eigenvalue weighted by atomic mass is 19.4. The predicted molar refractivity (Wildman–Crippen MR) is 82.5 cm³/mol. The van der Waals surface area contributed by atoms with Crippen molar-refractivity contribution in [3.05, 3.63) is 12.2 Å². The molecule has 0 radical (unpaired) electrons. The Morgan fingerprint density at radius 2 is 1.64 bits per heavy atom. The Bertz CT molecular complexity index is 621. The zero-order valence-corrected chi connectivity index (χ0v) is 14.4. The number of hydrogen-bond donors (Lipinski definition) is 1. The molecule has 0 aliphatic heterocycles. The van der Waals surface area contributed by atoms with Gasteiger partial charge in [0.15, 0.2) is 0 Å². The molecule has 2 unspecified atom stereocenters. The number of aliphatic carboxylic acids is 1. The maximum atomic E-state index is 12.7. The van der Waals surface area contributed by atoms with Crippen LogP contribution in [0.25, 0.3) is 0 Å². The normalized spacial score (nSPS) is 37.0. The summed E-state index contributed by atoms with van der Waals surface area (Å²) in [7, 11) is 0. The lowest BCUT2D eigenvalue weighted by Crippen LogP contribution is -2.62. The van der Waals surface area contributed by atoms with E-state index in [1.165, 1.54) is 0 Å². The number of esters is 1. The number of halogens is 3. The van der Waals surface area contributed by atoms with Crippen LogP contribution >= 0.6 is 0 Å². The predicted octanol–water partition coefficient (Wildman–Crippen LogP) is 4.10. The fourth-order valence-electron chi connectivity index (χ4n) is 5.73. The second-order valence-electron chi connectivity index (χ2n) is 8.70. The molecule has 0 aromatic heterocycles. The van der Waals surface area contributed by atoms with E-state index in [1.807, 2.05) is 0 Å². The molecule has 0 saturated heterocycles. The molecule has 2 atom stereocenters. The highest BCUT2D eigenvalue weighted by molar-refractivity contribution is 5.89. The largest absolute Gasteiger partial charge is 0.481 e. The maximum absolute atomic E-state index is 12.7. The molecule has 0 aromatic rings. The molecule has 140 valence electrons.